The third-order valence-corrected chi connectivity index (χ3v) is 3.64. The molecule has 1 amide bonds. The van der Waals surface area contributed by atoms with Crippen LogP contribution in [0.2, 0.25) is 0 Å². The Morgan fingerprint density at radius 3 is 3.10 bits per heavy atom. The number of amidine groups is 1. The molecule has 1 N–H and O–H groups in total. The van der Waals surface area contributed by atoms with Gasteiger partial charge in [0, 0.05) is 6.61 Å². The highest BCUT2D eigenvalue weighted by Gasteiger charge is 2.17. The Morgan fingerprint density at radius 1 is 1.65 bits per heavy atom. The van der Waals surface area contributed by atoms with Gasteiger partial charge in [-0.15, -0.1) is 11.3 Å². The Morgan fingerprint density at radius 2 is 2.50 bits per heavy atom. The molecule has 1 saturated heterocycles. The summed E-state index contributed by atoms with van der Waals surface area (Å²) in [6, 6.07) is 3.88. The van der Waals surface area contributed by atoms with E-state index < -0.39 is 0 Å². The number of carbonyl (C=O) groups excluding carboxylic acids is 1. The molecule has 2 heterocycles. The van der Waals surface area contributed by atoms with Crippen molar-refractivity contribution in [1.29, 1.82) is 0 Å². The fourth-order valence-electron chi connectivity index (χ4n) is 1.87. The van der Waals surface area contributed by atoms with Crippen molar-refractivity contribution < 1.29 is 14.3 Å². The van der Waals surface area contributed by atoms with Gasteiger partial charge in [0.05, 0.1) is 23.6 Å². The van der Waals surface area contributed by atoms with Gasteiger partial charge in [0.2, 0.25) is 0 Å². The summed E-state index contributed by atoms with van der Waals surface area (Å²) in [7, 11) is 0. The highest BCUT2D eigenvalue weighted by atomic mass is 32.1. The number of ether oxygens (including phenoxy) is 2. The molecule has 1 aromatic heterocycles. The fraction of sp³-hybridized carbons (Fsp3) is 0.571. The highest BCUT2D eigenvalue weighted by Crippen LogP contribution is 2.12. The second kappa shape index (κ2) is 7.40. The topological polar surface area (TPSA) is 59.9 Å². The maximum absolute atomic E-state index is 12.0. The molecule has 0 saturated carbocycles. The number of rotatable bonds is 4. The smallest absolute Gasteiger partial charge is 0.292 e. The van der Waals surface area contributed by atoms with E-state index in [0.29, 0.717) is 11.4 Å². The molecule has 2 rings (SSSR count). The molecule has 1 aromatic rings. The normalized spacial score (nSPS) is 19.4. The van der Waals surface area contributed by atoms with Crippen LogP contribution in [0, 0.1) is 0 Å². The lowest BCUT2D eigenvalue weighted by molar-refractivity contribution is 0.0959. The molecule has 0 bridgehead atoms. The van der Waals surface area contributed by atoms with E-state index >= 15 is 0 Å². The second-order valence-electron chi connectivity index (χ2n) is 4.88. The molecule has 6 heteroatoms. The number of nitrogens with zero attached hydrogens (tertiary/aromatic N) is 1. The van der Waals surface area contributed by atoms with Crippen LogP contribution in [0.25, 0.3) is 0 Å². The lowest BCUT2D eigenvalue weighted by Crippen LogP contribution is -2.34. The third kappa shape index (κ3) is 4.61. The van der Waals surface area contributed by atoms with E-state index in [-0.39, 0.29) is 24.1 Å². The van der Waals surface area contributed by atoms with E-state index in [1.165, 1.54) is 11.3 Å². The molecule has 1 aliphatic rings. The summed E-state index contributed by atoms with van der Waals surface area (Å²) in [6.07, 6.45) is 2.18. The SMILES string of the molecule is CC(C)OC(=NC[C@H]1CCCO1)NC(=O)c1cccs1. The lowest BCUT2D eigenvalue weighted by atomic mass is 10.2. The Bertz CT molecular complexity index is 451. The molecule has 1 aliphatic heterocycles. The zero-order valence-corrected chi connectivity index (χ0v) is 12.6. The Hall–Kier alpha value is -1.40. The molecule has 1 atom stereocenters. The molecular formula is C14H20N2O3S. The molecule has 0 unspecified atom stereocenters. The average molecular weight is 296 g/mol. The summed E-state index contributed by atoms with van der Waals surface area (Å²) in [4.78, 5) is 17.0. The van der Waals surface area contributed by atoms with Gasteiger partial charge in [-0.2, -0.15) is 0 Å². The number of hydrogen-bond acceptors (Lipinski definition) is 5. The first-order valence-electron chi connectivity index (χ1n) is 6.82. The maximum Gasteiger partial charge on any atom is 0.292 e. The van der Waals surface area contributed by atoms with E-state index in [9.17, 15) is 4.79 Å². The first-order chi connectivity index (χ1) is 9.65. The quantitative estimate of drug-likeness (QED) is 0.686. The fourth-order valence-corrected chi connectivity index (χ4v) is 2.49. The monoisotopic (exact) mass is 296 g/mol. The zero-order valence-electron chi connectivity index (χ0n) is 11.8. The van der Waals surface area contributed by atoms with E-state index in [2.05, 4.69) is 10.3 Å². The number of hydrogen-bond donors (Lipinski definition) is 1. The summed E-state index contributed by atoms with van der Waals surface area (Å²) in [6.45, 7) is 5.12. The largest absolute Gasteiger partial charge is 0.462 e. The zero-order chi connectivity index (χ0) is 14.4. The van der Waals surface area contributed by atoms with Gasteiger partial charge < -0.3 is 9.47 Å². The van der Waals surface area contributed by atoms with Gasteiger partial charge in [-0.05, 0) is 38.1 Å². The number of thiophene rings is 1. The van der Waals surface area contributed by atoms with Crippen molar-refractivity contribution in [3.63, 3.8) is 0 Å². The second-order valence-corrected chi connectivity index (χ2v) is 5.83. The summed E-state index contributed by atoms with van der Waals surface area (Å²) >= 11 is 1.39. The molecule has 5 nitrogen and oxygen atoms in total. The van der Waals surface area contributed by atoms with Gasteiger partial charge in [0.25, 0.3) is 11.9 Å². The number of amides is 1. The minimum Gasteiger partial charge on any atom is -0.462 e. The van der Waals surface area contributed by atoms with Crippen LogP contribution in [0.3, 0.4) is 0 Å². The standard InChI is InChI=1S/C14H20N2O3S/c1-10(2)19-14(15-9-11-5-3-7-18-11)16-13(17)12-6-4-8-20-12/h4,6,8,10-11H,3,5,7,9H2,1-2H3,(H,15,16,17)/t11-/m1/s1. The van der Waals surface area contributed by atoms with E-state index in [0.717, 1.165) is 19.4 Å². The minimum atomic E-state index is -0.188. The van der Waals surface area contributed by atoms with E-state index in [1.54, 1.807) is 6.07 Å². The molecule has 0 radical (unpaired) electrons. The van der Waals surface area contributed by atoms with Crippen molar-refractivity contribution in [3.8, 4) is 0 Å². The van der Waals surface area contributed by atoms with Crippen LogP contribution in [0.15, 0.2) is 22.5 Å². The van der Waals surface area contributed by atoms with Crippen molar-refractivity contribution >= 4 is 23.3 Å². The van der Waals surface area contributed by atoms with Gasteiger partial charge in [-0.3, -0.25) is 10.1 Å². The van der Waals surface area contributed by atoms with Crippen molar-refractivity contribution in [2.24, 2.45) is 4.99 Å². The lowest BCUT2D eigenvalue weighted by Gasteiger charge is -2.14. The number of carbonyl (C=O) groups is 1. The Labute approximate surface area is 123 Å². The minimum absolute atomic E-state index is 0.0399. The predicted octanol–water partition coefficient (Wildman–Crippen LogP) is 2.44. The first kappa shape index (κ1) is 15.0. The molecule has 0 aromatic carbocycles. The molecule has 0 aliphatic carbocycles. The summed E-state index contributed by atoms with van der Waals surface area (Å²) in [5.41, 5.74) is 0. The van der Waals surface area contributed by atoms with Gasteiger partial charge in [0.1, 0.15) is 0 Å². The van der Waals surface area contributed by atoms with Gasteiger partial charge >= 0.3 is 0 Å². The van der Waals surface area contributed by atoms with Crippen LogP contribution >= 0.6 is 11.3 Å². The third-order valence-electron chi connectivity index (χ3n) is 2.78. The van der Waals surface area contributed by atoms with Gasteiger partial charge in [0.15, 0.2) is 0 Å². The summed E-state index contributed by atoms with van der Waals surface area (Å²) in [5, 5.41) is 4.58. The van der Waals surface area contributed by atoms with Gasteiger partial charge in [-0.1, -0.05) is 6.07 Å². The van der Waals surface area contributed by atoms with Crippen molar-refractivity contribution in [2.75, 3.05) is 13.2 Å². The molecule has 1 fully saturated rings. The van der Waals surface area contributed by atoms with Crippen LogP contribution in [-0.2, 0) is 9.47 Å². The summed E-state index contributed by atoms with van der Waals surface area (Å²) < 4.78 is 11.1. The van der Waals surface area contributed by atoms with Crippen LogP contribution in [-0.4, -0.2) is 37.3 Å². The number of aliphatic imine (C=N–C) groups is 1. The molecule has 20 heavy (non-hydrogen) atoms. The summed E-state index contributed by atoms with van der Waals surface area (Å²) in [5.74, 6) is -0.188. The first-order valence-corrected chi connectivity index (χ1v) is 7.70. The maximum atomic E-state index is 12.0. The predicted molar refractivity (Wildman–Crippen MR) is 79.3 cm³/mol. The van der Waals surface area contributed by atoms with Crippen molar-refractivity contribution in [3.05, 3.63) is 22.4 Å². The van der Waals surface area contributed by atoms with Crippen molar-refractivity contribution in [1.82, 2.24) is 5.32 Å². The Kier molecular flexibility index (Phi) is 5.55. The van der Waals surface area contributed by atoms with Crippen LogP contribution in [0.4, 0.5) is 0 Å². The van der Waals surface area contributed by atoms with E-state index in [1.807, 2.05) is 25.3 Å². The highest BCUT2D eigenvalue weighted by molar-refractivity contribution is 7.12. The van der Waals surface area contributed by atoms with Crippen LogP contribution in [0.1, 0.15) is 36.4 Å². The van der Waals surface area contributed by atoms with E-state index in [4.69, 9.17) is 9.47 Å². The molecular weight excluding hydrogens is 276 g/mol. The number of nitrogens with one attached hydrogen (secondary N) is 1. The Balaban J connectivity index is 1.95. The molecule has 110 valence electrons. The van der Waals surface area contributed by atoms with Gasteiger partial charge in [-0.25, -0.2) is 4.99 Å². The van der Waals surface area contributed by atoms with Crippen molar-refractivity contribution in [2.45, 2.75) is 38.9 Å². The molecule has 0 spiro atoms. The van der Waals surface area contributed by atoms with Crippen LogP contribution < -0.4 is 5.32 Å². The average Bonchev–Trinajstić information content (AvgIpc) is 3.08. The van der Waals surface area contributed by atoms with Crippen LogP contribution in [0.5, 0.6) is 0 Å².